The minimum absolute atomic E-state index is 0.0553. The Morgan fingerprint density at radius 2 is 1.57 bits per heavy atom. The van der Waals surface area contributed by atoms with E-state index < -0.39 is 5.91 Å². The molecule has 0 saturated heterocycles. The van der Waals surface area contributed by atoms with Crippen LogP contribution >= 0.6 is 15.9 Å². The molecule has 3 N–H and O–H groups in total. The van der Waals surface area contributed by atoms with Crippen LogP contribution in [0.5, 0.6) is 5.75 Å². The van der Waals surface area contributed by atoms with Crippen LogP contribution in [0.4, 0.5) is 5.69 Å². The number of halogens is 1. The lowest BCUT2D eigenvalue weighted by Crippen LogP contribution is -2.17. The lowest BCUT2D eigenvalue weighted by Gasteiger charge is -2.06. The second-order valence-corrected chi connectivity index (χ2v) is 6.72. The third-order valence-electron chi connectivity index (χ3n) is 3.80. The Balaban J connectivity index is 1.60. The van der Waals surface area contributed by atoms with Gasteiger partial charge in [0, 0.05) is 26.9 Å². The fourth-order valence-electron chi connectivity index (χ4n) is 2.35. The molecule has 0 aromatic heterocycles. The Labute approximate surface area is 170 Å². The summed E-state index contributed by atoms with van der Waals surface area (Å²) in [6.07, 6.45) is 1.35. The van der Waals surface area contributed by atoms with Gasteiger partial charge in [-0.15, -0.1) is 0 Å². The number of hydrazone groups is 1. The molecule has 0 aliphatic carbocycles. The van der Waals surface area contributed by atoms with E-state index in [0.717, 1.165) is 4.47 Å². The summed E-state index contributed by atoms with van der Waals surface area (Å²) < 4.78 is 0.784. The summed E-state index contributed by atoms with van der Waals surface area (Å²) in [5.74, 6) is -0.581. The van der Waals surface area contributed by atoms with Gasteiger partial charge in [-0.2, -0.15) is 5.10 Å². The first-order chi connectivity index (χ1) is 13.5. The Kier molecular flexibility index (Phi) is 6.18. The van der Waals surface area contributed by atoms with Crippen molar-refractivity contribution in [3.8, 4) is 5.75 Å². The summed E-state index contributed by atoms with van der Waals surface area (Å²) in [6, 6.07) is 20.2. The lowest BCUT2D eigenvalue weighted by atomic mass is 10.1. The van der Waals surface area contributed by atoms with E-state index in [1.54, 1.807) is 60.7 Å². The fraction of sp³-hybridized carbons (Fsp3) is 0. The highest BCUT2D eigenvalue weighted by atomic mass is 79.9. The number of hydrogen-bond donors (Lipinski definition) is 3. The summed E-state index contributed by atoms with van der Waals surface area (Å²) in [4.78, 5) is 24.3. The molecule has 0 bridgehead atoms. The van der Waals surface area contributed by atoms with Crippen LogP contribution in [0.15, 0.2) is 82.4 Å². The molecule has 28 heavy (non-hydrogen) atoms. The van der Waals surface area contributed by atoms with Crippen LogP contribution in [0.3, 0.4) is 0 Å². The number of amides is 2. The lowest BCUT2D eigenvalue weighted by molar-refractivity contribution is 0.0954. The first-order valence-electron chi connectivity index (χ1n) is 8.31. The van der Waals surface area contributed by atoms with Crippen molar-refractivity contribution in [3.05, 3.63) is 94.0 Å². The molecule has 0 saturated carbocycles. The van der Waals surface area contributed by atoms with E-state index in [1.165, 1.54) is 12.3 Å². The number of phenols is 1. The minimum atomic E-state index is -0.410. The topological polar surface area (TPSA) is 90.8 Å². The molecule has 0 atom stereocenters. The van der Waals surface area contributed by atoms with Gasteiger partial charge in [0.25, 0.3) is 11.8 Å². The third kappa shape index (κ3) is 5.05. The summed E-state index contributed by atoms with van der Waals surface area (Å²) in [7, 11) is 0. The second kappa shape index (κ2) is 8.96. The molecule has 6 nitrogen and oxygen atoms in total. The third-order valence-corrected chi connectivity index (χ3v) is 4.29. The summed E-state index contributed by atoms with van der Waals surface area (Å²) in [5, 5.41) is 16.4. The van der Waals surface area contributed by atoms with Crippen molar-refractivity contribution in [2.75, 3.05) is 5.32 Å². The Morgan fingerprint density at radius 1 is 0.893 bits per heavy atom. The molecule has 0 heterocycles. The van der Waals surface area contributed by atoms with Crippen LogP contribution in [0.2, 0.25) is 0 Å². The fourth-order valence-corrected chi connectivity index (χ4v) is 2.73. The predicted octanol–water partition coefficient (Wildman–Crippen LogP) is 4.17. The van der Waals surface area contributed by atoms with E-state index in [0.29, 0.717) is 22.4 Å². The van der Waals surface area contributed by atoms with Gasteiger partial charge in [0.2, 0.25) is 0 Å². The number of carbonyl (C=O) groups excluding carboxylic acids is 2. The molecule has 140 valence electrons. The number of anilines is 1. The zero-order valence-corrected chi connectivity index (χ0v) is 16.2. The van der Waals surface area contributed by atoms with Gasteiger partial charge < -0.3 is 10.4 Å². The molecule has 0 fully saturated rings. The van der Waals surface area contributed by atoms with Gasteiger partial charge in [-0.3, -0.25) is 9.59 Å². The second-order valence-electron chi connectivity index (χ2n) is 5.80. The van der Waals surface area contributed by atoms with Gasteiger partial charge in [0.15, 0.2) is 0 Å². The van der Waals surface area contributed by atoms with E-state index >= 15 is 0 Å². The van der Waals surface area contributed by atoms with E-state index in [9.17, 15) is 14.7 Å². The zero-order chi connectivity index (χ0) is 19.9. The van der Waals surface area contributed by atoms with Crippen LogP contribution in [-0.2, 0) is 0 Å². The first kappa shape index (κ1) is 19.3. The number of hydrogen-bond acceptors (Lipinski definition) is 4. The average molecular weight is 438 g/mol. The molecule has 0 radical (unpaired) electrons. The van der Waals surface area contributed by atoms with Crippen molar-refractivity contribution in [1.82, 2.24) is 5.43 Å². The van der Waals surface area contributed by atoms with E-state index in [4.69, 9.17) is 0 Å². The Bertz CT molecular complexity index is 1020. The first-order valence-corrected chi connectivity index (χ1v) is 9.10. The highest BCUT2D eigenvalue weighted by Crippen LogP contribution is 2.20. The highest BCUT2D eigenvalue weighted by molar-refractivity contribution is 9.10. The molecule has 0 unspecified atom stereocenters. The predicted molar refractivity (Wildman–Crippen MR) is 112 cm³/mol. The molecular formula is C21H16BrN3O3. The van der Waals surface area contributed by atoms with Crippen LogP contribution in [0.1, 0.15) is 26.3 Å². The van der Waals surface area contributed by atoms with Crippen molar-refractivity contribution >= 4 is 39.6 Å². The maximum Gasteiger partial charge on any atom is 0.271 e. The van der Waals surface area contributed by atoms with Crippen LogP contribution < -0.4 is 10.7 Å². The van der Waals surface area contributed by atoms with E-state index in [2.05, 4.69) is 31.8 Å². The number of nitrogens with zero attached hydrogens (tertiary/aromatic N) is 1. The Hall–Kier alpha value is -3.45. The highest BCUT2D eigenvalue weighted by Gasteiger charge is 2.07. The average Bonchev–Trinajstić information content (AvgIpc) is 2.71. The standard InChI is InChI=1S/C21H16BrN3O3/c22-17-8-11-19(26)16(12-17)13-23-25-21(28)15-6-9-18(10-7-15)24-20(27)14-4-2-1-3-5-14/h1-13,26H,(H,24,27)(H,25,28)/b23-13+. The molecule has 0 spiro atoms. The smallest absolute Gasteiger partial charge is 0.271 e. The quantitative estimate of drug-likeness (QED) is 0.413. The van der Waals surface area contributed by atoms with Crippen molar-refractivity contribution in [1.29, 1.82) is 0 Å². The molecule has 3 aromatic carbocycles. The van der Waals surface area contributed by atoms with Crippen molar-refractivity contribution in [2.24, 2.45) is 5.10 Å². The molecule has 0 aliphatic rings. The number of rotatable bonds is 5. The number of phenolic OH excluding ortho intramolecular Hbond substituents is 1. The van der Waals surface area contributed by atoms with Crippen molar-refractivity contribution in [3.63, 3.8) is 0 Å². The maximum absolute atomic E-state index is 12.2. The molecular weight excluding hydrogens is 422 g/mol. The van der Waals surface area contributed by atoms with Gasteiger partial charge >= 0.3 is 0 Å². The van der Waals surface area contributed by atoms with Gasteiger partial charge in [-0.25, -0.2) is 5.43 Å². The molecule has 2 amide bonds. The number of carbonyl (C=O) groups is 2. The van der Waals surface area contributed by atoms with Gasteiger partial charge in [0.1, 0.15) is 5.75 Å². The minimum Gasteiger partial charge on any atom is -0.507 e. The summed E-state index contributed by atoms with van der Waals surface area (Å²) in [6.45, 7) is 0. The number of nitrogens with one attached hydrogen (secondary N) is 2. The van der Waals surface area contributed by atoms with Crippen molar-refractivity contribution in [2.45, 2.75) is 0 Å². The van der Waals surface area contributed by atoms with E-state index in [1.807, 2.05) is 6.07 Å². The largest absolute Gasteiger partial charge is 0.507 e. The van der Waals surface area contributed by atoms with Crippen LogP contribution in [-0.4, -0.2) is 23.1 Å². The Morgan fingerprint density at radius 3 is 2.29 bits per heavy atom. The van der Waals surface area contributed by atoms with Crippen molar-refractivity contribution < 1.29 is 14.7 Å². The summed E-state index contributed by atoms with van der Waals surface area (Å²) in [5.41, 5.74) is 4.37. The zero-order valence-electron chi connectivity index (χ0n) is 14.6. The SMILES string of the molecule is O=C(N/N=C/c1cc(Br)ccc1O)c1ccc(NC(=O)c2ccccc2)cc1. The van der Waals surface area contributed by atoms with Gasteiger partial charge in [0.05, 0.1) is 6.21 Å². The van der Waals surface area contributed by atoms with Gasteiger partial charge in [-0.05, 0) is 54.6 Å². The van der Waals surface area contributed by atoms with Crippen LogP contribution in [0.25, 0.3) is 0 Å². The molecule has 0 aliphatic heterocycles. The molecule has 3 rings (SSSR count). The summed E-state index contributed by atoms with van der Waals surface area (Å²) >= 11 is 3.30. The van der Waals surface area contributed by atoms with Crippen LogP contribution in [0, 0.1) is 0 Å². The number of aromatic hydroxyl groups is 1. The molecule has 3 aromatic rings. The maximum atomic E-state index is 12.2. The number of benzene rings is 3. The van der Waals surface area contributed by atoms with Gasteiger partial charge in [-0.1, -0.05) is 34.1 Å². The normalized spacial score (nSPS) is 10.6. The molecule has 7 heteroatoms. The monoisotopic (exact) mass is 437 g/mol. The van der Waals surface area contributed by atoms with E-state index in [-0.39, 0.29) is 11.7 Å².